The second kappa shape index (κ2) is 8.36. The topological polar surface area (TPSA) is 70.7 Å². The van der Waals surface area contributed by atoms with Crippen LogP contribution in [-0.2, 0) is 13.1 Å². The van der Waals surface area contributed by atoms with Crippen molar-refractivity contribution >= 4 is 23.5 Å². The maximum absolute atomic E-state index is 11.2. The Kier molecular flexibility index (Phi) is 6.21. The summed E-state index contributed by atoms with van der Waals surface area (Å²) in [5.74, 6) is 0.302. The Hall–Kier alpha value is -2.53. The molecule has 0 aromatic heterocycles. The number of nitrogens with zero attached hydrogens (tertiary/aromatic N) is 2. The Balaban J connectivity index is 2.00. The predicted molar refractivity (Wildman–Crippen MR) is 98.1 cm³/mol. The van der Waals surface area contributed by atoms with Crippen LogP contribution in [-0.4, -0.2) is 30.9 Å². The Bertz CT molecular complexity index is 745. The molecule has 6 heteroatoms. The van der Waals surface area contributed by atoms with Crippen LogP contribution in [0, 0.1) is 0 Å². The lowest BCUT2D eigenvalue weighted by Crippen LogP contribution is -2.38. The van der Waals surface area contributed by atoms with Gasteiger partial charge in [-0.05, 0) is 29.3 Å². The van der Waals surface area contributed by atoms with Gasteiger partial charge in [0.1, 0.15) is 0 Å². The van der Waals surface area contributed by atoms with Crippen molar-refractivity contribution in [2.75, 3.05) is 14.1 Å². The fourth-order valence-corrected chi connectivity index (χ4v) is 2.55. The van der Waals surface area contributed by atoms with Crippen LogP contribution < -0.4 is 11.1 Å². The van der Waals surface area contributed by atoms with Gasteiger partial charge >= 0.3 is 0 Å². The van der Waals surface area contributed by atoms with Crippen molar-refractivity contribution in [2.24, 2.45) is 10.7 Å². The third kappa shape index (κ3) is 4.73. The number of carbonyl (C=O) groups excluding carboxylic acids is 1. The quantitative estimate of drug-likeness (QED) is 0.647. The lowest BCUT2D eigenvalue weighted by molar-refractivity contribution is 0.1000. The van der Waals surface area contributed by atoms with Crippen LogP contribution in [0.5, 0.6) is 0 Å². The highest BCUT2D eigenvalue weighted by Gasteiger charge is 2.09. The highest BCUT2D eigenvalue weighted by Crippen LogP contribution is 2.16. The highest BCUT2D eigenvalue weighted by atomic mass is 35.5. The summed E-state index contributed by atoms with van der Waals surface area (Å²) in [5.41, 5.74) is 7.79. The molecule has 0 saturated heterocycles. The minimum absolute atomic E-state index is 0.433. The second-order valence-corrected chi connectivity index (χ2v) is 5.82. The average Bonchev–Trinajstić information content (AvgIpc) is 2.57. The van der Waals surface area contributed by atoms with Gasteiger partial charge in [0, 0.05) is 37.8 Å². The number of nitrogens with one attached hydrogen (secondary N) is 1. The number of carbonyl (C=O) groups is 1. The average molecular weight is 345 g/mol. The number of guanidine groups is 1. The number of rotatable bonds is 5. The third-order valence-electron chi connectivity index (χ3n) is 3.60. The van der Waals surface area contributed by atoms with Crippen LogP contribution in [0.15, 0.2) is 53.5 Å². The number of hydrogen-bond acceptors (Lipinski definition) is 2. The zero-order chi connectivity index (χ0) is 17.5. The van der Waals surface area contributed by atoms with Crippen LogP contribution in [0.25, 0.3) is 0 Å². The van der Waals surface area contributed by atoms with Gasteiger partial charge in [0.2, 0.25) is 5.91 Å². The minimum atomic E-state index is -0.433. The molecular weight excluding hydrogens is 324 g/mol. The number of amides is 1. The normalized spacial score (nSPS) is 11.2. The zero-order valence-corrected chi connectivity index (χ0v) is 14.5. The van der Waals surface area contributed by atoms with Crippen LogP contribution in [0.3, 0.4) is 0 Å². The van der Waals surface area contributed by atoms with Crippen molar-refractivity contribution in [1.82, 2.24) is 10.2 Å². The van der Waals surface area contributed by atoms with Gasteiger partial charge in [0.25, 0.3) is 0 Å². The van der Waals surface area contributed by atoms with Crippen LogP contribution in [0.1, 0.15) is 21.5 Å². The molecule has 0 aliphatic carbocycles. The van der Waals surface area contributed by atoms with Gasteiger partial charge in [0.05, 0.1) is 0 Å². The molecule has 0 radical (unpaired) electrons. The van der Waals surface area contributed by atoms with Crippen molar-refractivity contribution in [3.8, 4) is 0 Å². The van der Waals surface area contributed by atoms with Crippen molar-refractivity contribution in [3.63, 3.8) is 0 Å². The van der Waals surface area contributed by atoms with Crippen LogP contribution in [0.2, 0.25) is 5.02 Å². The first-order chi connectivity index (χ1) is 11.5. The van der Waals surface area contributed by atoms with Gasteiger partial charge in [-0.2, -0.15) is 0 Å². The number of halogens is 1. The van der Waals surface area contributed by atoms with Gasteiger partial charge in [-0.25, -0.2) is 0 Å². The molecule has 24 heavy (non-hydrogen) atoms. The van der Waals surface area contributed by atoms with E-state index in [2.05, 4.69) is 10.3 Å². The van der Waals surface area contributed by atoms with Crippen molar-refractivity contribution < 1.29 is 4.79 Å². The summed E-state index contributed by atoms with van der Waals surface area (Å²) >= 11 is 6.21. The molecule has 0 bridgehead atoms. The Morgan fingerprint density at radius 3 is 2.67 bits per heavy atom. The summed E-state index contributed by atoms with van der Waals surface area (Å²) in [7, 11) is 3.67. The van der Waals surface area contributed by atoms with E-state index in [1.54, 1.807) is 19.2 Å². The molecule has 2 aromatic carbocycles. The molecule has 0 atom stereocenters. The summed E-state index contributed by atoms with van der Waals surface area (Å²) in [6.45, 7) is 1.18. The van der Waals surface area contributed by atoms with E-state index in [-0.39, 0.29) is 0 Å². The fourth-order valence-electron chi connectivity index (χ4n) is 2.36. The van der Waals surface area contributed by atoms with Gasteiger partial charge in [0.15, 0.2) is 5.96 Å². The lowest BCUT2D eigenvalue weighted by atomic mass is 10.1. The second-order valence-electron chi connectivity index (χ2n) is 5.41. The SMILES string of the molecule is CN=C(NCc1cccc(C(N)=O)c1)N(C)Cc1ccccc1Cl. The van der Waals surface area contributed by atoms with Gasteiger partial charge in [-0.15, -0.1) is 0 Å². The lowest BCUT2D eigenvalue weighted by Gasteiger charge is -2.22. The molecular formula is C18H21ClN4O. The van der Waals surface area contributed by atoms with E-state index >= 15 is 0 Å². The van der Waals surface area contributed by atoms with E-state index in [0.717, 1.165) is 22.1 Å². The Morgan fingerprint density at radius 2 is 2.00 bits per heavy atom. The number of primary amides is 1. The van der Waals surface area contributed by atoms with Crippen LogP contribution >= 0.6 is 11.6 Å². The molecule has 1 amide bonds. The first-order valence-corrected chi connectivity index (χ1v) is 7.93. The minimum Gasteiger partial charge on any atom is -0.366 e. The zero-order valence-electron chi connectivity index (χ0n) is 13.8. The molecule has 0 aliphatic heterocycles. The Labute approximate surface area is 147 Å². The molecule has 126 valence electrons. The smallest absolute Gasteiger partial charge is 0.248 e. The monoisotopic (exact) mass is 344 g/mol. The van der Waals surface area contributed by atoms with E-state index in [1.807, 2.05) is 48.3 Å². The van der Waals surface area contributed by atoms with Gasteiger partial charge in [-0.3, -0.25) is 9.79 Å². The predicted octanol–water partition coefficient (Wildman–Crippen LogP) is 2.65. The largest absolute Gasteiger partial charge is 0.366 e. The molecule has 0 heterocycles. The first kappa shape index (κ1) is 17.8. The van der Waals surface area contributed by atoms with E-state index in [1.165, 1.54) is 0 Å². The molecule has 5 nitrogen and oxygen atoms in total. The maximum atomic E-state index is 11.2. The van der Waals surface area contributed by atoms with Crippen molar-refractivity contribution in [1.29, 1.82) is 0 Å². The van der Waals surface area contributed by atoms with Crippen molar-refractivity contribution in [3.05, 3.63) is 70.2 Å². The van der Waals surface area contributed by atoms with Gasteiger partial charge < -0.3 is 16.0 Å². The molecule has 2 rings (SSSR count). The Morgan fingerprint density at radius 1 is 1.25 bits per heavy atom. The van der Waals surface area contributed by atoms with E-state index < -0.39 is 5.91 Å². The molecule has 0 saturated carbocycles. The fraction of sp³-hybridized carbons (Fsp3) is 0.222. The summed E-state index contributed by atoms with van der Waals surface area (Å²) in [6.07, 6.45) is 0. The standard InChI is InChI=1S/C18H21ClN4O/c1-21-18(23(2)12-15-7-3-4-9-16(15)19)22-11-13-6-5-8-14(10-13)17(20)24/h3-10H,11-12H2,1-2H3,(H2,20,24)(H,21,22). The molecule has 0 fully saturated rings. The molecule has 0 spiro atoms. The summed E-state index contributed by atoms with van der Waals surface area (Å²) in [4.78, 5) is 17.5. The van der Waals surface area contributed by atoms with Crippen molar-refractivity contribution in [2.45, 2.75) is 13.1 Å². The molecule has 3 N–H and O–H groups in total. The summed E-state index contributed by atoms with van der Waals surface area (Å²) in [6, 6.07) is 14.9. The summed E-state index contributed by atoms with van der Waals surface area (Å²) in [5, 5.41) is 4.00. The maximum Gasteiger partial charge on any atom is 0.248 e. The van der Waals surface area contributed by atoms with E-state index in [9.17, 15) is 4.79 Å². The highest BCUT2D eigenvalue weighted by molar-refractivity contribution is 6.31. The molecule has 0 unspecified atom stereocenters. The van der Waals surface area contributed by atoms with E-state index in [4.69, 9.17) is 17.3 Å². The number of aliphatic imine (C=N–C) groups is 1. The first-order valence-electron chi connectivity index (χ1n) is 7.55. The number of hydrogen-bond donors (Lipinski definition) is 2. The van der Waals surface area contributed by atoms with E-state index in [0.29, 0.717) is 18.7 Å². The number of benzene rings is 2. The molecule has 0 aliphatic rings. The van der Waals surface area contributed by atoms with Gasteiger partial charge in [-0.1, -0.05) is 41.9 Å². The number of nitrogens with two attached hydrogens (primary N) is 1. The van der Waals surface area contributed by atoms with Crippen LogP contribution in [0.4, 0.5) is 0 Å². The molecule has 2 aromatic rings. The summed E-state index contributed by atoms with van der Waals surface area (Å²) < 4.78 is 0. The third-order valence-corrected chi connectivity index (χ3v) is 3.97.